The van der Waals surface area contributed by atoms with Crippen LogP contribution in [0.15, 0.2) is 18.2 Å². The minimum atomic E-state index is -0.651. The van der Waals surface area contributed by atoms with Gasteiger partial charge >= 0.3 is 0 Å². The van der Waals surface area contributed by atoms with Gasteiger partial charge in [-0.3, -0.25) is 9.59 Å². The Morgan fingerprint density at radius 3 is 2.80 bits per heavy atom. The first-order valence-electron chi connectivity index (χ1n) is 4.64. The molecule has 1 aromatic carbocycles. The summed E-state index contributed by atoms with van der Waals surface area (Å²) >= 11 is 0. The highest BCUT2D eigenvalue weighted by Gasteiger charge is 2.04. The van der Waals surface area contributed by atoms with E-state index in [0.29, 0.717) is 5.69 Å². The first-order chi connectivity index (χ1) is 7.21. The van der Waals surface area contributed by atoms with Crippen LogP contribution in [0.4, 0.5) is 5.69 Å². The maximum atomic E-state index is 10.8. The molecule has 0 aliphatic rings. The summed E-state index contributed by atoms with van der Waals surface area (Å²) in [6.45, 7) is 1.99. The number of amides is 1. The summed E-state index contributed by atoms with van der Waals surface area (Å²) in [7, 11) is 1.60. The minimum absolute atomic E-state index is 0.246. The van der Waals surface area contributed by atoms with E-state index in [1.165, 1.54) is 0 Å². The molecule has 0 heterocycles. The average Bonchev–Trinajstić information content (AvgIpc) is 2.28. The second-order valence-electron chi connectivity index (χ2n) is 2.99. The van der Waals surface area contributed by atoms with Crippen molar-refractivity contribution in [1.29, 1.82) is 0 Å². The maximum Gasteiger partial charge on any atom is 0.288 e. The van der Waals surface area contributed by atoms with E-state index in [1.807, 2.05) is 6.92 Å². The van der Waals surface area contributed by atoms with E-state index in [2.05, 4.69) is 5.32 Å². The predicted octanol–water partition coefficient (Wildman–Crippen LogP) is 1.40. The molecule has 0 aliphatic heterocycles. The Morgan fingerprint density at radius 1 is 1.53 bits per heavy atom. The molecule has 0 spiro atoms. The highest BCUT2D eigenvalue weighted by atomic mass is 16.5. The van der Waals surface area contributed by atoms with Crippen molar-refractivity contribution in [1.82, 2.24) is 0 Å². The van der Waals surface area contributed by atoms with Gasteiger partial charge in [-0.25, -0.2) is 0 Å². The van der Waals surface area contributed by atoms with Gasteiger partial charge in [0.25, 0.3) is 5.91 Å². The fraction of sp³-hybridized carbons (Fsp3) is 0.273. The van der Waals surface area contributed by atoms with E-state index in [9.17, 15) is 9.59 Å². The molecular formula is C11H13NO3. The number of ether oxygens (including phenoxy) is 1. The number of anilines is 1. The molecule has 0 atom stereocenters. The Bertz CT molecular complexity index is 374. The number of carbonyl (C=O) groups is 2. The van der Waals surface area contributed by atoms with E-state index in [-0.39, 0.29) is 6.29 Å². The van der Waals surface area contributed by atoms with E-state index in [4.69, 9.17) is 4.74 Å². The Labute approximate surface area is 88.2 Å². The van der Waals surface area contributed by atoms with Crippen molar-refractivity contribution in [3.8, 4) is 5.75 Å². The van der Waals surface area contributed by atoms with Gasteiger partial charge in [0.15, 0.2) is 0 Å². The number of rotatable bonds is 4. The molecule has 4 nitrogen and oxygen atoms in total. The van der Waals surface area contributed by atoms with Gasteiger partial charge in [0.05, 0.1) is 7.11 Å². The summed E-state index contributed by atoms with van der Waals surface area (Å²) in [5.41, 5.74) is 1.59. The van der Waals surface area contributed by atoms with Crippen molar-refractivity contribution in [3.63, 3.8) is 0 Å². The van der Waals surface area contributed by atoms with E-state index < -0.39 is 5.91 Å². The summed E-state index contributed by atoms with van der Waals surface area (Å²) in [6, 6.07) is 5.25. The van der Waals surface area contributed by atoms with Gasteiger partial charge in [-0.2, -0.15) is 0 Å². The van der Waals surface area contributed by atoms with Crippen molar-refractivity contribution in [2.45, 2.75) is 13.3 Å². The summed E-state index contributed by atoms with van der Waals surface area (Å²) in [6.07, 6.45) is 1.05. The van der Waals surface area contributed by atoms with Gasteiger partial charge in [0.2, 0.25) is 6.29 Å². The molecule has 0 fully saturated rings. The van der Waals surface area contributed by atoms with Crippen molar-refractivity contribution < 1.29 is 14.3 Å². The van der Waals surface area contributed by atoms with Crippen LogP contribution in [0.5, 0.6) is 5.75 Å². The molecule has 0 aromatic heterocycles. The molecule has 1 amide bonds. The number of benzene rings is 1. The smallest absolute Gasteiger partial charge is 0.288 e. The van der Waals surface area contributed by atoms with E-state index in [1.54, 1.807) is 25.3 Å². The molecule has 0 aliphatic carbocycles. The molecule has 80 valence electrons. The molecule has 15 heavy (non-hydrogen) atoms. The lowest BCUT2D eigenvalue weighted by molar-refractivity contribution is -0.127. The average molecular weight is 207 g/mol. The summed E-state index contributed by atoms with van der Waals surface area (Å²) in [4.78, 5) is 21.0. The number of nitrogens with one attached hydrogen (secondary N) is 1. The Morgan fingerprint density at radius 2 is 2.27 bits per heavy atom. The Balaban J connectivity index is 2.92. The molecule has 1 rings (SSSR count). The summed E-state index contributed by atoms with van der Waals surface area (Å²) in [5.74, 6) is 0.129. The van der Waals surface area contributed by atoms with Crippen LogP contribution in [0.3, 0.4) is 0 Å². The Kier molecular flexibility index (Phi) is 3.85. The van der Waals surface area contributed by atoms with Crippen molar-refractivity contribution in [2.24, 2.45) is 0 Å². The SMILES string of the molecule is CCc1cc(NC(=O)C=O)ccc1OC. The van der Waals surface area contributed by atoms with Crippen LogP contribution in [-0.4, -0.2) is 19.3 Å². The second kappa shape index (κ2) is 5.14. The normalized spacial score (nSPS) is 9.47. The van der Waals surface area contributed by atoms with Crippen LogP contribution in [-0.2, 0) is 16.0 Å². The van der Waals surface area contributed by atoms with Crippen molar-refractivity contribution in [2.75, 3.05) is 12.4 Å². The summed E-state index contributed by atoms with van der Waals surface area (Å²) in [5, 5.41) is 2.46. The molecule has 0 radical (unpaired) electrons. The van der Waals surface area contributed by atoms with Gasteiger partial charge in [-0.05, 0) is 30.2 Å². The predicted molar refractivity (Wildman–Crippen MR) is 57.1 cm³/mol. The molecular weight excluding hydrogens is 194 g/mol. The molecule has 0 saturated carbocycles. The van der Waals surface area contributed by atoms with Crippen molar-refractivity contribution >= 4 is 17.9 Å². The molecule has 0 unspecified atom stereocenters. The molecule has 4 heteroatoms. The topological polar surface area (TPSA) is 55.4 Å². The lowest BCUT2D eigenvalue weighted by Gasteiger charge is -2.08. The standard InChI is InChI=1S/C11H13NO3/c1-3-8-6-9(12-11(14)7-13)4-5-10(8)15-2/h4-7H,3H2,1-2H3,(H,12,14). The number of hydrogen-bond donors (Lipinski definition) is 1. The van der Waals surface area contributed by atoms with Crippen LogP contribution in [0.1, 0.15) is 12.5 Å². The van der Waals surface area contributed by atoms with Crippen LogP contribution >= 0.6 is 0 Å². The third kappa shape index (κ3) is 2.80. The number of aldehydes is 1. The number of aryl methyl sites for hydroxylation is 1. The van der Waals surface area contributed by atoms with Crippen LogP contribution in [0.2, 0.25) is 0 Å². The third-order valence-corrected chi connectivity index (χ3v) is 2.04. The second-order valence-corrected chi connectivity index (χ2v) is 2.99. The first-order valence-corrected chi connectivity index (χ1v) is 4.64. The van der Waals surface area contributed by atoms with Gasteiger partial charge in [-0.1, -0.05) is 6.92 Å². The van der Waals surface area contributed by atoms with Gasteiger partial charge in [-0.15, -0.1) is 0 Å². The summed E-state index contributed by atoms with van der Waals surface area (Å²) < 4.78 is 5.14. The zero-order chi connectivity index (χ0) is 11.3. The fourth-order valence-corrected chi connectivity index (χ4v) is 1.30. The third-order valence-electron chi connectivity index (χ3n) is 2.04. The largest absolute Gasteiger partial charge is 0.496 e. The zero-order valence-electron chi connectivity index (χ0n) is 8.74. The van der Waals surface area contributed by atoms with Gasteiger partial charge < -0.3 is 10.1 Å². The van der Waals surface area contributed by atoms with E-state index in [0.717, 1.165) is 17.7 Å². The minimum Gasteiger partial charge on any atom is -0.496 e. The molecule has 0 saturated heterocycles. The zero-order valence-corrected chi connectivity index (χ0v) is 8.74. The van der Waals surface area contributed by atoms with E-state index >= 15 is 0 Å². The first kappa shape index (κ1) is 11.2. The Hall–Kier alpha value is -1.84. The number of methoxy groups -OCH3 is 1. The van der Waals surface area contributed by atoms with Crippen LogP contribution < -0.4 is 10.1 Å². The highest BCUT2D eigenvalue weighted by Crippen LogP contribution is 2.22. The quantitative estimate of drug-likeness (QED) is 0.599. The lowest BCUT2D eigenvalue weighted by Crippen LogP contribution is -2.12. The molecule has 0 bridgehead atoms. The monoisotopic (exact) mass is 207 g/mol. The maximum absolute atomic E-state index is 10.8. The lowest BCUT2D eigenvalue weighted by atomic mass is 10.1. The van der Waals surface area contributed by atoms with Crippen molar-refractivity contribution in [3.05, 3.63) is 23.8 Å². The van der Waals surface area contributed by atoms with Crippen LogP contribution in [0.25, 0.3) is 0 Å². The number of carbonyl (C=O) groups excluding carboxylic acids is 2. The fourth-order valence-electron chi connectivity index (χ4n) is 1.30. The van der Waals surface area contributed by atoms with Crippen LogP contribution in [0, 0.1) is 0 Å². The molecule has 1 aromatic rings. The number of hydrogen-bond acceptors (Lipinski definition) is 3. The highest BCUT2D eigenvalue weighted by molar-refractivity contribution is 6.29. The molecule has 1 N–H and O–H groups in total. The van der Waals surface area contributed by atoms with Gasteiger partial charge in [0, 0.05) is 5.69 Å². The van der Waals surface area contributed by atoms with Gasteiger partial charge in [0.1, 0.15) is 5.75 Å².